The molecule has 28 heavy (non-hydrogen) atoms. The third-order valence-corrected chi connectivity index (χ3v) is 5.02. The fourth-order valence-electron chi connectivity index (χ4n) is 3.41. The molecule has 0 spiro atoms. The predicted octanol–water partition coefficient (Wildman–Crippen LogP) is 4.64. The molecule has 0 bridgehead atoms. The molecule has 0 unspecified atom stereocenters. The Morgan fingerprint density at radius 2 is 1.79 bits per heavy atom. The Bertz CT molecular complexity index is 801. The van der Waals surface area contributed by atoms with E-state index in [-0.39, 0.29) is 24.2 Å². The minimum atomic E-state index is -4.47. The lowest BCUT2D eigenvalue weighted by Crippen LogP contribution is -2.34. The molecule has 0 radical (unpaired) electrons. The van der Waals surface area contributed by atoms with Crippen LogP contribution in [0.5, 0.6) is 0 Å². The van der Waals surface area contributed by atoms with Gasteiger partial charge in [-0.05, 0) is 42.5 Å². The van der Waals surface area contributed by atoms with Gasteiger partial charge in [0.2, 0.25) is 0 Å². The second-order valence-corrected chi connectivity index (χ2v) is 7.05. The lowest BCUT2D eigenvalue weighted by molar-refractivity contribution is -0.146. The largest absolute Gasteiger partial charge is 0.461 e. The SMILES string of the molecule is Nc1ccc(N2CCC(CC(=O)OCc3ccccc3)CC2)cc1C(F)(F)F. The molecule has 1 fully saturated rings. The number of carbonyl (C=O) groups is 1. The smallest absolute Gasteiger partial charge is 0.418 e. The van der Waals surface area contributed by atoms with E-state index in [0.29, 0.717) is 25.2 Å². The van der Waals surface area contributed by atoms with Crippen LogP contribution in [0.3, 0.4) is 0 Å². The second-order valence-electron chi connectivity index (χ2n) is 7.05. The summed E-state index contributed by atoms with van der Waals surface area (Å²) in [6.07, 6.45) is -2.69. The Morgan fingerprint density at radius 1 is 1.11 bits per heavy atom. The van der Waals surface area contributed by atoms with Gasteiger partial charge in [0, 0.05) is 30.9 Å². The van der Waals surface area contributed by atoms with E-state index in [0.717, 1.165) is 24.5 Å². The molecule has 1 saturated heterocycles. The number of halogens is 3. The van der Waals surface area contributed by atoms with Crippen molar-refractivity contribution in [2.75, 3.05) is 23.7 Å². The van der Waals surface area contributed by atoms with Crippen molar-refractivity contribution in [2.45, 2.75) is 32.0 Å². The van der Waals surface area contributed by atoms with Gasteiger partial charge in [0.25, 0.3) is 0 Å². The molecule has 0 atom stereocenters. The molecular weight excluding hydrogens is 369 g/mol. The summed E-state index contributed by atoms with van der Waals surface area (Å²) in [6.45, 7) is 1.44. The number of hydrogen-bond donors (Lipinski definition) is 1. The number of alkyl halides is 3. The first-order chi connectivity index (χ1) is 13.3. The molecule has 0 amide bonds. The molecule has 1 heterocycles. The normalized spacial score (nSPS) is 15.5. The number of hydrogen-bond acceptors (Lipinski definition) is 4. The van der Waals surface area contributed by atoms with E-state index in [1.54, 1.807) is 6.07 Å². The summed E-state index contributed by atoms with van der Waals surface area (Å²) in [6, 6.07) is 13.5. The second kappa shape index (κ2) is 8.54. The van der Waals surface area contributed by atoms with E-state index in [2.05, 4.69) is 0 Å². The zero-order chi connectivity index (χ0) is 20.1. The van der Waals surface area contributed by atoms with Crippen LogP contribution in [-0.2, 0) is 22.3 Å². The van der Waals surface area contributed by atoms with Crippen LogP contribution in [0, 0.1) is 5.92 Å². The van der Waals surface area contributed by atoms with Crippen LogP contribution in [0.15, 0.2) is 48.5 Å². The fourth-order valence-corrected chi connectivity index (χ4v) is 3.41. The van der Waals surface area contributed by atoms with E-state index in [9.17, 15) is 18.0 Å². The van der Waals surface area contributed by atoms with Crippen LogP contribution in [0.25, 0.3) is 0 Å². The van der Waals surface area contributed by atoms with Gasteiger partial charge in [0.05, 0.1) is 5.56 Å². The molecule has 0 saturated carbocycles. The highest BCUT2D eigenvalue weighted by molar-refractivity contribution is 5.69. The van der Waals surface area contributed by atoms with Gasteiger partial charge in [-0.3, -0.25) is 4.79 Å². The number of nitrogen functional groups attached to an aromatic ring is 1. The topological polar surface area (TPSA) is 55.6 Å². The van der Waals surface area contributed by atoms with Crippen LogP contribution in [0.4, 0.5) is 24.5 Å². The van der Waals surface area contributed by atoms with Crippen LogP contribution in [-0.4, -0.2) is 19.1 Å². The Labute approximate surface area is 162 Å². The van der Waals surface area contributed by atoms with Crippen molar-refractivity contribution < 1.29 is 22.7 Å². The zero-order valence-corrected chi connectivity index (χ0v) is 15.4. The number of carbonyl (C=O) groups excluding carboxylic acids is 1. The zero-order valence-electron chi connectivity index (χ0n) is 15.4. The standard InChI is InChI=1S/C21H23F3N2O2/c22-21(23,24)18-13-17(6-7-19(18)25)26-10-8-15(9-11-26)12-20(27)28-14-16-4-2-1-3-5-16/h1-7,13,15H,8-12,14,25H2. The minimum absolute atomic E-state index is 0.176. The van der Waals surface area contributed by atoms with E-state index in [4.69, 9.17) is 10.5 Å². The van der Waals surface area contributed by atoms with Gasteiger partial charge in [0.15, 0.2) is 0 Å². The highest BCUT2D eigenvalue weighted by Crippen LogP contribution is 2.36. The first kappa shape index (κ1) is 20.0. The number of piperidine rings is 1. The van der Waals surface area contributed by atoms with Crippen LogP contribution < -0.4 is 10.6 Å². The highest BCUT2D eigenvalue weighted by Gasteiger charge is 2.34. The number of esters is 1. The van der Waals surface area contributed by atoms with E-state index in [1.165, 1.54) is 6.07 Å². The molecule has 4 nitrogen and oxygen atoms in total. The van der Waals surface area contributed by atoms with Gasteiger partial charge < -0.3 is 15.4 Å². The van der Waals surface area contributed by atoms with Gasteiger partial charge in [0.1, 0.15) is 6.61 Å². The first-order valence-electron chi connectivity index (χ1n) is 9.24. The van der Waals surface area contributed by atoms with Gasteiger partial charge >= 0.3 is 12.1 Å². The van der Waals surface area contributed by atoms with Crippen LogP contribution in [0.1, 0.15) is 30.4 Å². The van der Waals surface area contributed by atoms with Crippen LogP contribution >= 0.6 is 0 Å². The lowest BCUT2D eigenvalue weighted by Gasteiger charge is -2.33. The Hall–Kier alpha value is -2.70. The van der Waals surface area contributed by atoms with Crippen molar-refractivity contribution in [1.82, 2.24) is 0 Å². The van der Waals surface area contributed by atoms with Crippen molar-refractivity contribution in [2.24, 2.45) is 5.92 Å². The summed E-state index contributed by atoms with van der Waals surface area (Å²) in [7, 11) is 0. The molecule has 2 N–H and O–H groups in total. The van der Waals surface area contributed by atoms with Crippen molar-refractivity contribution in [1.29, 1.82) is 0 Å². The molecule has 0 aliphatic carbocycles. The van der Waals surface area contributed by atoms with E-state index in [1.807, 2.05) is 35.2 Å². The van der Waals surface area contributed by atoms with Crippen LogP contribution in [0.2, 0.25) is 0 Å². The Balaban J connectivity index is 1.50. The van der Waals surface area contributed by atoms with Gasteiger partial charge in [-0.1, -0.05) is 30.3 Å². The lowest BCUT2D eigenvalue weighted by atomic mass is 9.93. The monoisotopic (exact) mass is 392 g/mol. The van der Waals surface area contributed by atoms with Gasteiger partial charge in [-0.15, -0.1) is 0 Å². The molecule has 7 heteroatoms. The first-order valence-corrected chi connectivity index (χ1v) is 9.24. The third-order valence-electron chi connectivity index (χ3n) is 5.02. The van der Waals surface area contributed by atoms with E-state index >= 15 is 0 Å². The number of anilines is 2. The third kappa shape index (κ3) is 5.18. The summed E-state index contributed by atoms with van der Waals surface area (Å²) in [5.74, 6) is -0.0652. The molecule has 1 aliphatic rings. The van der Waals surface area contributed by atoms with Gasteiger partial charge in [-0.25, -0.2) is 0 Å². The maximum atomic E-state index is 13.0. The molecule has 2 aromatic rings. The number of benzene rings is 2. The Morgan fingerprint density at radius 3 is 2.43 bits per heavy atom. The summed E-state index contributed by atoms with van der Waals surface area (Å²) in [4.78, 5) is 14.0. The van der Waals surface area contributed by atoms with Gasteiger partial charge in [-0.2, -0.15) is 13.2 Å². The maximum absolute atomic E-state index is 13.0. The molecule has 150 valence electrons. The van der Waals surface area contributed by atoms with Crippen molar-refractivity contribution in [3.05, 3.63) is 59.7 Å². The molecule has 2 aromatic carbocycles. The predicted molar refractivity (Wildman–Crippen MR) is 102 cm³/mol. The average molecular weight is 392 g/mol. The fraction of sp³-hybridized carbons (Fsp3) is 0.381. The maximum Gasteiger partial charge on any atom is 0.418 e. The minimum Gasteiger partial charge on any atom is -0.461 e. The average Bonchev–Trinajstić information content (AvgIpc) is 2.67. The summed E-state index contributed by atoms with van der Waals surface area (Å²) in [5, 5.41) is 0. The molecular formula is C21H23F3N2O2. The van der Waals surface area contributed by atoms with E-state index < -0.39 is 11.7 Å². The summed E-state index contributed by atoms with van der Waals surface area (Å²) < 4.78 is 44.5. The van der Waals surface area contributed by atoms with Crippen molar-refractivity contribution in [3.63, 3.8) is 0 Å². The molecule has 0 aromatic heterocycles. The van der Waals surface area contributed by atoms with Crippen molar-refractivity contribution >= 4 is 17.3 Å². The van der Waals surface area contributed by atoms with Crippen molar-refractivity contribution in [3.8, 4) is 0 Å². The number of rotatable bonds is 5. The summed E-state index contributed by atoms with van der Waals surface area (Å²) >= 11 is 0. The summed E-state index contributed by atoms with van der Waals surface area (Å²) in [5.41, 5.74) is 5.83. The highest BCUT2D eigenvalue weighted by atomic mass is 19.4. The molecule has 1 aliphatic heterocycles. The number of nitrogens with zero attached hydrogens (tertiary/aromatic N) is 1. The number of nitrogens with two attached hydrogens (primary N) is 1. The number of ether oxygens (including phenoxy) is 1. The quantitative estimate of drug-likeness (QED) is 0.595. The molecule has 3 rings (SSSR count). The Kier molecular flexibility index (Phi) is 6.11.